The Morgan fingerprint density at radius 3 is 1.76 bits per heavy atom. The highest BCUT2D eigenvalue weighted by Gasteiger charge is 2.45. The largest absolute Gasteiger partial charge is 0.515 e. The van der Waals surface area contributed by atoms with Crippen LogP contribution >= 0.6 is 0 Å². The molecule has 17 heavy (non-hydrogen) atoms. The van der Waals surface area contributed by atoms with Crippen molar-refractivity contribution in [2.24, 2.45) is 5.92 Å². The molecule has 0 spiro atoms. The Morgan fingerprint density at radius 1 is 1.12 bits per heavy atom. The van der Waals surface area contributed by atoms with Crippen LogP contribution in [0.15, 0.2) is 12.2 Å². The van der Waals surface area contributed by atoms with Crippen LogP contribution in [0.25, 0.3) is 0 Å². The summed E-state index contributed by atoms with van der Waals surface area (Å²) in [7, 11) is -2.05. The maximum absolute atomic E-state index is 11.9. The van der Waals surface area contributed by atoms with Crippen molar-refractivity contribution in [2.45, 2.75) is 65.6 Å². The maximum Gasteiger partial charge on any atom is 0.319 e. The van der Waals surface area contributed by atoms with Gasteiger partial charge in [-0.25, -0.2) is 4.79 Å². The summed E-state index contributed by atoms with van der Waals surface area (Å²) < 4.78 is 5.93. The number of hydrogen-bond acceptors (Lipinski definition) is 2. The predicted octanol–water partition coefficient (Wildman–Crippen LogP) is 4.53. The van der Waals surface area contributed by atoms with Gasteiger partial charge in [0.05, 0.1) is 0 Å². The first-order valence-electron chi connectivity index (χ1n) is 6.52. The zero-order valence-corrected chi connectivity index (χ0v) is 13.5. The summed E-state index contributed by atoms with van der Waals surface area (Å²) in [6.45, 7) is 18.5. The molecule has 100 valence electrons. The Balaban J connectivity index is 5.18. The molecule has 0 aliphatic rings. The van der Waals surface area contributed by atoms with E-state index in [0.29, 0.717) is 22.6 Å². The van der Waals surface area contributed by atoms with Gasteiger partial charge in [0.1, 0.15) is 0 Å². The van der Waals surface area contributed by atoms with Crippen LogP contribution in [0.3, 0.4) is 0 Å². The minimum Gasteiger partial charge on any atom is -0.515 e. The summed E-state index contributed by atoms with van der Waals surface area (Å²) in [5.41, 5.74) is 1.38. The average Bonchev–Trinajstić information content (AvgIpc) is 2.14. The van der Waals surface area contributed by atoms with Crippen molar-refractivity contribution in [3.63, 3.8) is 0 Å². The predicted molar refractivity (Wildman–Crippen MR) is 76.5 cm³/mol. The standard InChI is InChI=1S/C14H28O2Si/c1-10(2)9-17(12(5)6,13(7)8)16-14(15)11(3)4/h10,12-13H,3,9H2,1-2,4-8H3. The topological polar surface area (TPSA) is 26.3 Å². The van der Waals surface area contributed by atoms with E-state index in [-0.39, 0.29) is 5.97 Å². The molecule has 0 rings (SSSR count). The lowest BCUT2D eigenvalue weighted by molar-refractivity contribution is -0.131. The Morgan fingerprint density at radius 2 is 1.53 bits per heavy atom. The van der Waals surface area contributed by atoms with Crippen LogP contribution in [-0.4, -0.2) is 14.3 Å². The molecule has 0 aromatic heterocycles. The van der Waals surface area contributed by atoms with E-state index in [1.165, 1.54) is 0 Å². The summed E-state index contributed by atoms with van der Waals surface area (Å²) in [6, 6.07) is 1.03. The molecule has 0 radical (unpaired) electrons. The lowest BCUT2D eigenvalue weighted by Crippen LogP contribution is -2.47. The van der Waals surface area contributed by atoms with E-state index < -0.39 is 8.32 Å². The maximum atomic E-state index is 11.9. The fourth-order valence-electron chi connectivity index (χ4n) is 2.31. The van der Waals surface area contributed by atoms with Gasteiger partial charge in [0.2, 0.25) is 0 Å². The van der Waals surface area contributed by atoms with E-state index >= 15 is 0 Å². The molecule has 0 aliphatic heterocycles. The second kappa shape index (κ2) is 6.38. The van der Waals surface area contributed by atoms with E-state index in [9.17, 15) is 4.79 Å². The highest BCUT2D eigenvalue weighted by molar-refractivity contribution is 6.77. The number of hydrogen-bond donors (Lipinski definition) is 0. The normalized spacial score (nSPS) is 12.4. The average molecular weight is 256 g/mol. The first kappa shape index (κ1) is 16.4. The molecule has 0 N–H and O–H groups in total. The SMILES string of the molecule is C=C(C)C(=O)O[Si](CC(C)C)(C(C)C)C(C)C. The minimum atomic E-state index is -2.05. The molecule has 0 bridgehead atoms. The molecular formula is C14H28O2Si. The van der Waals surface area contributed by atoms with Gasteiger partial charge >= 0.3 is 5.97 Å². The van der Waals surface area contributed by atoms with Gasteiger partial charge in [-0.15, -0.1) is 0 Å². The Hall–Kier alpha value is -0.573. The van der Waals surface area contributed by atoms with Crippen LogP contribution in [0, 0.1) is 5.92 Å². The molecule has 2 nitrogen and oxygen atoms in total. The first-order chi connectivity index (χ1) is 7.63. The Kier molecular flexibility index (Phi) is 6.17. The van der Waals surface area contributed by atoms with Gasteiger partial charge in [-0.2, -0.15) is 0 Å². The third kappa shape index (κ3) is 4.30. The number of rotatable bonds is 6. The molecule has 0 aromatic carbocycles. The molecule has 0 aromatic rings. The van der Waals surface area contributed by atoms with Crippen LogP contribution in [0.2, 0.25) is 17.1 Å². The summed E-state index contributed by atoms with van der Waals surface area (Å²) in [5.74, 6) is 0.351. The Bertz CT molecular complexity index is 272. The second-order valence-electron chi connectivity index (χ2n) is 6.03. The van der Waals surface area contributed by atoms with Gasteiger partial charge in [-0.05, 0) is 30.0 Å². The monoisotopic (exact) mass is 256 g/mol. The molecule has 3 heteroatoms. The highest BCUT2D eigenvalue weighted by Crippen LogP contribution is 2.39. The summed E-state index contributed by atoms with van der Waals surface area (Å²) in [4.78, 5) is 11.9. The van der Waals surface area contributed by atoms with Gasteiger partial charge in [-0.3, -0.25) is 0 Å². The molecule has 0 amide bonds. The van der Waals surface area contributed by atoms with Gasteiger partial charge in [0.15, 0.2) is 0 Å². The van der Waals surface area contributed by atoms with Crippen molar-refractivity contribution >= 4 is 14.3 Å². The van der Waals surface area contributed by atoms with Crippen molar-refractivity contribution in [1.82, 2.24) is 0 Å². The molecule has 0 unspecified atom stereocenters. The van der Waals surface area contributed by atoms with Crippen LogP contribution in [0.1, 0.15) is 48.5 Å². The summed E-state index contributed by atoms with van der Waals surface area (Å²) in [6.07, 6.45) is 0. The van der Waals surface area contributed by atoms with Crippen LogP contribution in [-0.2, 0) is 9.22 Å². The molecule has 0 saturated heterocycles. The lowest BCUT2D eigenvalue weighted by Gasteiger charge is -2.39. The van der Waals surface area contributed by atoms with E-state index in [4.69, 9.17) is 4.43 Å². The van der Waals surface area contributed by atoms with Gasteiger partial charge in [-0.1, -0.05) is 48.1 Å². The van der Waals surface area contributed by atoms with Gasteiger partial charge in [0.25, 0.3) is 8.32 Å². The molecule has 0 aliphatic carbocycles. The molecule has 0 atom stereocenters. The second-order valence-corrected chi connectivity index (χ2v) is 10.9. The zero-order chi connectivity index (χ0) is 13.8. The fraction of sp³-hybridized carbons (Fsp3) is 0.786. The summed E-state index contributed by atoms with van der Waals surface area (Å²) >= 11 is 0. The van der Waals surface area contributed by atoms with E-state index in [1.807, 2.05) is 0 Å². The molecule has 0 fully saturated rings. The summed E-state index contributed by atoms with van der Waals surface area (Å²) in [5, 5.41) is 0. The molecule has 0 saturated carbocycles. The third-order valence-electron chi connectivity index (χ3n) is 3.31. The van der Waals surface area contributed by atoms with E-state index in [1.54, 1.807) is 6.92 Å². The number of carbonyl (C=O) groups excluding carboxylic acids is 1. The van der Waals surface area contributed by atoms with E-state index in [0.717, 1.165) is 6.04 Å². The first-order valence-corrected chi connectivity index (χ1v) is 8.79. The number of carbonyl (C=O) groups is 1. The minimum absolute atomic E-state index is 0.209. The van der Waals surface area contributed by atoms with Crippen LogP contribution < -0.4 is 0 Å². The molecular weight excluding hydrogens is 228 g/mol. The zero-order valence-electron chi connectivity index (χ0n) is 12.5. The van der Waals surface area contributed by atoms with Crippen LogP contribution in [0.4, 0.5) is 0 Å². The lowest BCUT2D eigenvalue weighted by atomic mass is 10.3. The quantitative estimate of drug-likeness (QED) is 0.515. The van der Waals surface area contributed by atoms with E-state index in [2.05, 4.69) is 48.1 Å². The van der Waals surface area contributed by atoms with Crippen molar-refractivity contribution in [3.8, 4) is 0 Å². The van der Waals surface area contributed by atoms with Gasteiger partial charge in [0, 0.05) is 5.57 Å². The van der Waals surface area contributed by atoms with Crippen molar-refractivity contribution in [3.05, 3.63) is 12.2 Å². The molecule has 0 heterocycles. The van der Waals surface area contributed by atoms with Crippen molar-refractivity contribution < 1.29 is 9.22 Å². The Labute approximate surface area is 108 Å². The van der Waals surface area contributed by atoms with Crippen LogP contribution in [0.5, 0.6) is 0 Å². The van der Waals surface area contributed by atoms with Crippen molar-refractivity contribution in [2.75, 3.05) is 0 Å². The fourth-order valence-corrected chi connectivity index (χ4v) is 6.94. The van der Waals surface area contributed by atoms with Crippen molar-refractivity contribution in [1.29, 1.82) is 0 Å². The smallest absolute Gasteiger partial charge is 0.319 e. The third-order valence-corrected chi connectivity index (χ3v) is 9.24. The van der Waals surface area contributed by atoms with Gasteiger partial charge < -0.3 is 4.43 Å². The highest BCUT2D eigenvalue weighted by atomic mass is 28.4.